The molecule has 0 fully saturated rings. The van der Waals surface area contributed by atoms with Gasteiger partial charge in [0.1, 0.15) is 0 Å². The fourth-order valence-corrected chi connectivity index (χ4v) is 2.01. The molecule has 4 heteroatoms. The van der Waals surface area contributed by atoms with Crippen LogP contribution < -0.4 is 10.6 Å². The third-order valence-corrected chi connectivity index (χ3v) is 2.80. The number of carbonyl (C=O) groups is 1. The van der Waals surface area contributed by atoms with Crippen molar-refractivity contribution in [3.63, 3.8) is 0 Å². The minimum atomic E-state index is 0.0854. The van der Waals surface area contributed by atoms with Gasteiger partial charge in [-0.3, -0.25) is 4.79 Å². The zero-order valence-corrected chi connectivity index (χ0v) is 12.1. The standard InChI is InChI=1S/C13H19BrN2O/c1-9(2)16-13(17)6-7-15-12-5-4-11(14)8-10(12)3/h4-5,8-9,15H,6-7H2,1-3H3,(H,16,17). The first-order valence-electron chi connectivity index (χ1n) is 5.78. The van der Waals surface area contributed by atoms with Crippen LogP contribution in [0.1, 0.15) is 25.8 Å². The number of anilines is 1. The molecule has 0 heterocycles. The highest BCUT2D eigenvalue weighted by Gasteiger charge is 2.03. The third-order valence-electron chi connectivity index (χ3n) is 2.31. The lowest BCUT2D eigenvalue weighted by molar-refractivity contribution is -0.121. The first kappa shape index (κ1) is 14.0. The van der Waals surface area contributed by atoms with Crippen LogP contribution >= 0.6 is 15.9 Å². The predicted molar refractivity (Wildman–Crippen MR) is 75.3 cm³/mol. The summed E-state index contributed by atoms with van der Waals surface area (Å²) in [4.78, 5) is 11.4. The number of nitrogens with one attached hydrogen (secondary N) is 2. The molecule has 0 spiro atoms. The van der Waals surface area contributed by atoms with Crippen molar-refractivity contribution in [2.75, 3.05) is 11.9 Å². The molecule has 0 saturated carbocycles. The Morgan fingerprint density at radius 1 is 1.41 bits per heavy atom. The lowest BCUT2D eigenvalue weighted by atomic mass is 10.2. The van der Waals surface area contributed by atoms with Crippen LogP contribution in [0.25, 0.3) is 0 Å². The molecular formula is C13H19BrN2O. The molecule has 1 aromatic rings. The van der Waals surface area contributed by atoms with E-state index in [0.29, 0.717) is 13.0 Å². The summed E-state index contributed by atoms with van der Waals surface area (Å²) >= 11 is 3.42. The first-order valence-corrected chi connectivity index (χ1v) is 6.57. The topological polar surface area (TPSA) is 41.1 Å². The summed E-state index contributed by atoms with van der Waals surface area (Å²) in [5, 5.41) is 6.13. The molecule has 0 aliphatic carbocycles. The van der Waals surface area contributed by atoms with Crippen molar-refractivity contribution in [2.45, 2.75) is 33.2 Å². The van der Waals surface area contributed by atoms with E-state index in [1.165, 1.54) is 5.56 Å². The van der Waals surface area contributed by atoms with Crippen LogP contribution in [0.3, 0.4) is 0 Å². The lowest BCUT2D eigenvalue weighted by Gasteiger charge is -2.11. The zero-order chi connectivity index (χ0) is 12.8. The van der Waals surface area contributed by atoms with Gasteiger partial charge in [0.15, 0.2) is 0 Å². The molecule has 17 heavy (non-hydrogen) atoms. The summed E-state index contributed by atoms with van der Waals surface area (Å²) in [7, 11) is 0. The molecule has 2 N–H and O–H groups in total. The second-order valence-electron chi connectivity index (χ2n) is 4.36. The number of aryl methyl sites for hydroxylation is 1. The minimum Gasteiger partial charge on any atom is -0.384 e. The molecule has 0 aromatic heterocycles. The molecule has 0 unspecified atom stereocenters. The Bertz CT molecular complexity index is 391. The first-order chi connectivity index (χ1) is 7.99. The number of hydrogen-bond donors (Lipinski definition) is 2. The molecule has 0 bridgehead atoms. The largest absolute Gasteiger partial charge is 0.384 e. The Morgan fingerprint density at radius 2 is 2.12 bits per heavy atom. The Hall–Kier alpha value is -1.03. The van der Waals surface area contributed by atoms with Crippen LogP contribution in [-0.2, 0) is 4.79 Å². The summed E-state index contributed by atoms with van der Waals surface area (Å²) in [6.07, 6.45) is 0.494. The number of halogens is 1. The van der Waals surface area contributed by atoms with E-state index in [9.17, 15) is 4.79 Å². The van der Waals surface area contributed by atoms with Gasteiger partial charge in [-0.15, -0.1) is 0 Å². The molecule has 94 valence electrons. The van der Waals surface area contributed by atoms with E-state index in [1.54, 1.807) is 0 Å². The monoisotopic (exact) mass is 298 g/mol. The maximum absolute atomic E-state index is 11.4. The van der Waals surface area contributed by atoms with Crippen molar-refractivity contribution in [2.24, 2.45) is 0 Å². The van der Waals surface area contributed by atoms with Gasteiger partial charge in [-0.1, -0.05) is 15.9 Å². The van der Waals surface area contributed by atoms with Crippen molar-refractivity contribution < 1.29 is 4.79 Å². The average molecular weight is 299 g/mol. The van der Waals surface area contributed by atoms with Crippen LogP contribution in [0.5, 0.6) is 0 Å². The second kappa shape index (κ2) is 6.64. The van der Waals surface area contributed by atoms with Crippen molar-refractivity contribution >= 4 is 27.5 Å². The van der Waals surface area contributed by atoms with Crippen LogP contribution in [0.4, 0.5) is 5.69 Å². The van der Waals surface area contributed by atoms with Crippen LogP contribution in [0, 0.1) is 6.92 Å². The number of hydrogen-bond acceptors (Lipinski definition) is 2. The van der Waals surface area contributed by atoms with Crippen molar-refractivity contribution in [3.8, 4) is 0 Å². The van der Waals surface area contributed by atoms with E-state index in [0.717, 1.165) is 10.2 Å². The minimum absolute atomic E-state index is 0.0854. The predicted octanol–water partition coefficient (Wildman–Crippen LogP) is 3.08. The fraction of sp³-hybridized carbons (Fsp3) is 0.462. The van der Waals surface area contributed by atoms with Gasteiger partial charge in [0, 0.05) is 29.2 Å². The highest BCUT2D eigenvalue weighted by atomic mass is 79.9. The maximum atomic E-state index is 11.4. The molecular weight excluding hydrogens is 280 g/mol. The summed E-state index contributed by atoms with van der Waals surface area (Å²) < 4.78 is 1.07. The number of benzene rings is 1. The van der Waals surface area contributed by atoms with Crippen molar-refractivity contribution in [1.29, 1.82) is 0 Å². The average Bonchev–Trinajstić information content (AvgIpc) is 2.20. The van der Waals surface area contributed by atoms with E-state index in [-0.39, 0.29) is 11.9 Å². The Labute approximate surface area is 111 Å². The van der Waals surface area contributed by atoms with E-state index < -0.39 is 0 Å². The van der Waals surface area contributed by atoms with Gasteiger partial charge >= 0.3 is 0 Å². The summed E-state index contributed by atoms with van der Waals surface area (Å²) in [6, 6.07) is 6.26. The van der Waals surface area contributed by atoms with Crippen LogP contribution in [-0.4, -0.2) is 18.5 Å². The Morgan fingerprint density at radius 3 is 2.71 bits per heavy atom. The highest BCUT2D eigenvalue weighted by molar-refractivity contribution is 9.10. The quantitative estimate of drug-likeness (QED) is 0.877. The van der Waals surface area contributed by atoms with Gasteiger partial charge < -0.3 is 10.6 Å². The maximum Gasteiger partial charge on any atom is 0.221 e. The van der Waals surface area contributed by atoms with Gasteiger partial charge in [0.25, 0.3) is 0 Å². The number of amides is 1. The van der Waals surface area contributed by atoms with Gasteiger partial charge in [-0.05, 0) is 44.5 Å². The Balaban J connectivity index is 2.38. The van der Waals surface area contributed by atoms with Crippen LogP contribution in [0.15, 0.2) is 22.7 Å². The summed E-state index contributed by atoms with van der Waals surface area (Å²) in [5.41, 5.74) is 2.24. The SMILES string of the molecule is Cc1cc(Br)ccc1NCCC(=O)NC(C)C. The molecule has 1 amide bonds. The normalized spacial score (nSPS) is 10.4. The smallest absolute Gasteiger partial charge is 0.221 e. The van der Waals surface area contributed by atoms with E-state index in [4.69, 9.17) is 0 Å². The molecule has 0 radical (unpaired) electrons. The molecule has 0 aliphatic heterocycles. The van der Waals surface area contributed by atoms with Gasteiger partial charge in [-0.25, -0.2) is 0 Å². The molecule has 3 nitrogen and oxygen atoms in total. The van der Waals surface area contributed by atoms with Crippen LogP contribution in [0.2, 0.25) is 0 Å². The molecule has 0 aliphatic rings. The van der Waals surface area contributed by atoms with E-state index >= 15 is 0 Å². The fourth-order valence-electron chi connectivity index (χ4n) is 1.53. The van der Waals surface area contributed by atoms with E-state index in [1.807, 2.05) is 32.9 Å². The molecule has 0 atom stereocenters. The molecule has 0 saturated heterocycles. The second-order valence-corrected chi connectivity index (χ2v) is 5.27. The molecule has 1 rings (SSSR count). The van der Waals surface area contributed by atoms with Gasteiger partial charge in [0.05, 0.1) is 0 Å². The molecule has 1 aromatic carbocycles. The summed E-state index contributed by atoms with van der Waals surface area (Å²) in [5.74, 6) is 0.0854. The lowest BCUT2D eigenvalue weighted by Crippen LogP contribution is -2.31. The van der Waals surface area contributed by atoms with Crippen molar-refractivity contribution in [1.82, 2.24) is 5.32 Å². The number of carbonyl (C=O) groups excluding carboxylic acids is 1. The van der Waals surface area contributed by atoms with Crippen molar-refractivity contribution in [3.05, 3.63) is 28.2 Å². The van der Waals surface area contributed by atoms with Gasteiger partial charge in [-0.2, -0.15) is 0 Å². The Kier molecular flexibility index (Phi) is 5.48. The zero-order valence-electron chi connectivity index (χ0n) is 10.5. The number of rotatable bonds is 5. The van der Waals surface area contributed by atoms with E-state index in [2.05, 4.69) is 32.6 Å². The third kappa shape index (κ3) is 5.22. The van der Waals surface area contributed by atoms with Gasteiger partial charge in [0.2, 0.25) is 5.91 Å². The summed E-state index contributed by atoms with van der Waals surface area (Å²) in [6.45, 7) is 6.62. The highest BCUT2D eigenvalue weighted by Crippen LogP contribution is 2.19.